The number of nitrogens with one attached hydrogen (secondary N) is 1. The van der Waals surface area contributed by atoms with Crippen LogP contribution in [0, 0.1) is 10.1 Å². The van der Waals surface area contributed by atoms with E-state index in [-0.39, 0.29) is 18.3 Å². The Bertz CT molecular complexity index is 1280. The summed E-state index contributed by atoms with van der Waals surface area (Å²) in [5, 5.41) is 14.2. The smallest absolute Gasteiger partial charge is 0.381 e. The van der Waals surface area contributed by atoms with Gasteiger partial charge in [-0.3, -0.25) is 9.78 Å². The molecule has 2 aromatic carbocycles. The SMILES string of the molecule is O=C(Cn1cnc([N+](=O)[O-])c1)Nc1cc(Oc2cccnc2)cc(Sc2ccc(Cl)cc2)c1. The molecular formula is C22H16ClN5O4S. The lowest BCUT2D eigenvalue weighted by molar-refractivity contribution is -0.389. The number of pyridine rings is 1. The second kappa shape index (κ2) is 10.2. The van der Waals surface area contributed by atoms with E-state index in [0.717, 1.165) is 9.79 Å². The summed E-state index contributed by atoms with van der Waals surface area (Å²) in [4.78, 5) is 32.2. The van der Waals surface area contributed by atoms with Crippen molar-refractivity contribution in [3.05, 3.63) is 94.7 Å². The molecule has 2 aromatic heterocycles. The summed E-state index contributed by atoms with van der Waals surface area (Å²) >= 11 is 7.45. The first-order chi connectivity index (χ1) is 15.9. The highest BCUT2D eigenvalue weighted by Gasteiger charge is 2.13. The summed E-state index contributed by atoms with van der Waals surface area (Å²) in [5.74, 6) is 0.365. The number of carbonyl (C=O) groups excluding carboxylic acids is 1. The molecule has 1 amide bonds. The zero-order chi connectivity index (χ0) is 23.2. The second-order valence-electron chi connectivity index (χ2n) is 6.75. The molecule has 0 atom stereocenters. The zero-order valence-corrected chi connectivity index (χ0v) is 18.5. The molecule has 166 valence electrons. The fourth-order valence-electron chi connectivity index (χ4n) is 2.84. The van der Waals surface area contributed by atoms with Crippen LogP contribution in [-0.4, -0.2) is 25.4 Å². The van der Waals surface area contributed by atoms with Gasteiger partial charge in [-0.15, -0.1) is 0 Å². The maximum Gasteiger partial charge on any atom is 0.381 e. The van der Waals surface area contributed by atoms with E-state index in [4.69, 9.17) is 16.3 Å². The lowest BCUT2D eigenvalue weighted by Gasteiger charge is -2.12. The van der Waals surface area contributed by atoms with Crippen molar-refractivity contribution in [2.75, 3.05) is 5.32 Å². The summed E-state index contributed by atoms with van der Waals surface area (Å²) in [5.41, 5.74) is 0.507. The monoisotopic (exact) mass is 481 g/mol. The predicted octanol–water partition coefficient (Wildman–Crippen LogP) is 5.42. The number of amides is 1. The zero-order valence-electron chi connectivity index (χ0n) is 16.9. The van der Waals surface area contributed by atoms with Crippen LogP contribution in [0.5, 0.6) is 11.5 Å². The first-order valence-corrected chi connectivity index (χ1v) is 10.8. The minimum atomic E-state index is -0.617. The fourth-order valence-corrected chi connectivity index (χ4v) is 3.87. The van der Waals surface area contributed by atoms with Crippen LogP contribution in [-0.2, 0) is 11.3 Å². The minimum Gasteiger partial charge on any atom is -0.456 e. The van der Waals surface area contributed by atoms with Gasteiger partial charge in [-0.1, -0.05) is 23.4 Å². The Balaban J connectivity index is 1.55. The molecule has 4 rings (SSSR count). The fraction of sp³-hybridized carbons (Fsp3) is 0.0455. The highest BCUT2D eigenvalue weighted by Crippen LogP contribution is 2.35. The highest BCUT2D eigenvalue weighted by molar-refractivity contribution is 7.99. The van der Waals surface area contributed by atoms with E-state index in [9.17, 15) is 14.9 Å². The number of halogens is 1. The van der Waals surface area contributed by atoms with Gasteiger partial charge in [-0.05, 0) is 58.4 Å². The lowest BCUT2D eigenvalue weighted by atomic mass is 10.3. The number of carbonyl (C=O) groups is 1. The number of benzene rings is 2. The van der Waals surface area contributed by atoms with Gasteiger partial charge >= 0.3 is 5.82 Å². The Kier molecular flexibility index (Phi) is 6.86. The summed E-state index contributed by atoms with van der Waals surface area (Å²) < 4.78 is 7.25. The highest BCUT2D eigenvalue weighted by atomic mass is 35.5. The lowest BCUT2D eigenvalue weighted by Crippen LogP contribution is -2.18. The van der Waals surface area contributed by atoms with Crippen molar-refractivity contribution in [3.8, 4) is 11.5 Å². The van der Waals surface area contributed by atoms with Crippen molar-refractivity contribution >= 4 is 40.8 Å². The molecule has 2 heterocycles. The van der Waals surface area contributed by atoms with E-state index in [1.165, 1.54) is 28.9 Å². The van der Waals surface area contributed by atoms with E-state index in [0.29, 0.717) is 22.2 Å². The molecule has 11 heteroatoms. The molecule has 0 fully saturated rings. The Hall–Kier alpha value is -3.89. The van der Waals surface area contributed by atoms with Gasteiger partial charge in [0, 0.05) is 32.8 Å². The molecule has 0 aliphatic heterocycles. The first-order valence-electron chi connectivity index (χ1n) is 9.57. The molecule has 33 heavy (non-hydrogen) atoms. The number of hydrogen-bond acceptors (Lipinski definition) is 7. The van der Waals surface area contributed by atoms with E-state index >= 15 is 0 Å². The number of ether oxygens (including phenoxy) is 1. The van der Waals surface area contributed by atoms with Crippen molar-refractivity contribution in [2.45, 2.75) is 16.3 Å². The van der Waals surface area contributed by atoms with E-state index in [2.05, 4.69) is 15.3 Å². The van der Waals surface area contributed by atoms with Crippen LogP contribution in [0.2, 0.25) is 5.02 Å². The van der Waals surface area contributed by atoms with Gasteiger partial charge in [0.25, 0.3) is 0 Å². The van der Waals surface area contributed by atoms with Gasteiger partial charge in [0.05, 0.1) is 6.20 Å². The van der Waals surface area contributed by atoms with Crippen LogP contribution in [0.3, 0.4) is 0 Å². The van der Waals surface area contributed by atoms with Gasteiger partial charge in [-0.25, -0.2) is 0 Å². The summed E-state index contributed by atoms with van der Waals surface area (Å²) in [6.45, 7) is -0.131. The van der Waals surface area contributed by atoms with Crippen LogP contribution >= 0.6 is 23.4 Å². The molecule has 0 aliphatic rings. The average Bonchev–Trinajstić information content (AvgIpc) is 3.24. The van der Waals surface area contributed by atoms with Crippen molar-refractivity contribution in [1.82, 2.24) is 14.5 Å². The van der Waals surface area contributed by atoms with Crippen LogP contribution in [0.25, 0.3) is 0 Å². The van der Waals surface area contributed by atoms with Gasteiger partial charge in [-0.2, -0.15) is 0 Å². The molecular weight excluding hydrogens is 466 g/mol. The molecule has 0 spiro atoms. The molecule has 0 saturated heterocycles. The number of imidazole rings is 1. The number of hydrogen-bond donors (Lipinski definition) is 1. The van der Waals surface area contributed by atoms with Crippen molar-refractivity contribution in [2.24, 2.45) is 0 Å². The molecule has 4 aromatic rings. The molecule has 0 unspecified atom stereocenters. The summed E-state index contributed by atoms with van der Waals surface area (Å²) in [6, 6.07) is 16.3. The summed E-state index contributed by atoms with van der Waals surface area (Å²) in [7, 11) is 0. The van der Waals surface area contributed by atoms with E-state index < -0.39 is 4.92 Å². The van der Waals surface area contributed by atoms with Crippen molar-refractivity contribution in [1.29, 1.82) is 0 Å². The normalized spacial score (nSPS) is 10.6. The Labute approximate surface area is 197 Å². The van der Waals surface area contributed by atoms with Crippen LogP contribution < -0.4 is 10.1 Å². The Morgan fingerprint density at radius 2 is 1.97 bits per heavy atom. The van der Waals surface area contributed by atoms with Crippen molar-refractivity contribution < 1.29 is 14.5 Å². The largest absolute Gasteiger partial charge is 0.456 e. The predicted molar refractivity (Wildman–Crippen MR) is 124 cm³/mol. The minimum absolute atomic E-state index is 0.131. The molecule has 0 radical (unpaired) electrons. The quantitative estimate of drug-likeness (QED) is 0.264. The van der Waals surface area contributed by atoms with Crippen LogP contribution in [0.15, 0.2) is 89.3 Å². The third-order valence-electron chi connectivity index (χ3n) is 4.22. The Morgan fingerprint density at radius 1 is 1.15 bits per heavy atom. The maximum atomic E-state index is 12.5. The standard InChI is InChI=1S/C22H16ClN5O4S/c23-15-3-5-19(6-4-15)33-20-9-16(8-18(10-20)32-17-2-1-7-24-11-17)26-22(29)13-27-12-21(25-14-27)28(30)31/h1-12,14H,13H2,(H,26,29). The van der Waals surface area contributed by atoms with Gasteiger partial charge < -0.3 is 24.7 Å². The maximum absolute atomic E-state index is 12.5. The van der Waals surface area contributed by atoms with Crippen LogP contribution in [0.4, 0.5) is 11.5 Å². The average molecular weight is 482 g/mol. The molecule has 0 aliphatic carbocycles. The molecule has 0 bridgehead atoms. The van der Waals surface area contributed by atoms with Crippen molar-refractivity contribution in [3.63, 3.8) is 0 Å². The van der Waals surface area contributed by atoms with Gasteiger partial charge in [0.1, 0.15) is 24.2 Å². The van der Waals surface area contributed by atoms with Gasteiger partial charge in [0.15, 0.2) is 0 Å². The number of anilines is 1. The topological polar surface area (TPSA) is 112 Å². The van der Waals surface area contributed by atoms with Crippen LogP contribution in [0.1, 0.15) is 0 Å². The first kappa shape index (κ1) is 22.3. The number of rotatable bonds is 8. The molecule has 1 N–H and O–H groups in total. The number of aromatic nitrogens is 3. The Morgan fingerprint density at radius 3 is 2.67 bits per heavy atom. The summed E-state index contributed by atoms with van der Waals surface area (Å²) in [6.07, 6.45) is 5.67. The van der Waals surface area contributed by atoms with Gasteiger partial charge in [0.2, 0.25) is 12.2 Å². The number of nitrogens with zero attached hydrogens (tertiary/aromatic N) is 4. The number of nitro groups is 1. The second-order valence-corrected chi connectivity index (χ2v) is 8.33. The third kappa shape index (κ3) is 6.31. The van der Waals surface area contributed by atoms with E-state index in [1.54, 1.807) is 42.7 Å². The molecule has 9 nitrogen and oxygen atoms in total. The van der Waals surface area contributed by atoms with E-state index in [1.807, 2.05) is 24.3 Å². The third-order valence-corrected chi connectivity index (χ3v) is 5.45. The molecule has 0 saturated carbocycles.